The van der Waals surface area contributed by atoms with E-state index in [2.05, 4.69) is 8.37 Å². The van der Waals surface area contributed by atoms with Crippen molar-refractivity contribution in [2.75, 3.05) is 25.6 Å². The maximum Gasteiger partial charge on any atom is 1.00 e. The molecule has 0 spiro atoms. The van der Waals surface area contributed by atoms with E-state index in [1.54, 1.807) is 0 Å². The van der Waals surface area contributed by atoms with Gasteiger partial charge in [0.1, 0.15) is 0 Å². The summed E-state index contributed by atoms with van der Waals surface area (Å²) in [5.41, 5.74) is 0. The zero-order valence-electron chi connectivity index (χ0n) is 12.3. The zero-order chi connectivity index (χ0) is 16.5. The number of hydrogen-bond donors (Lipinski definition) is 1. The van der Waals surface area contributed by atoms with E-state index < -0.39 is 68.5 Å². The molecule has 1 rings (SSSR count). The molecule has 0 radical (unpaired) electrons. The van der Waals surface area contributed by atoms with Gasteiger partial charge in [-0.25, -0.2) is 0 Å². The van der Waals surface area contributed by atoms with E-state index in [9.17, 15) is 25.3 Å². The molecule has 1 heterocycles. The Morgan fingerprint density at radius 3 is 1.91 bits per heavy atom. The van der Waals surface area contributed by atoms with Crippen molar-refractivity contribution in [1.82, 2.24) is 0 Å². The summed E-state index contributed by atoms with van der Waals surface area (Å²) in [6.45, 7) is 1.13. The molecule has 0 aromatic carbocycles. The minimum absolute atomic E-state index is 0. The first-order valence-corrected chi connectivity index (χ1v) is 13.2. The Balaban J connectivity index is 0.00000441. The summed E-state index contributed by atoms with van der Waals surface area (Å²) in [5, 5.41) is 0. The van der Waals surface area contributed by atoms with Crippen LogP contribution in [0.1, 0.15) is 0 Å². The average Bonchev–Trinajstić information content (AvgIpc) is 2.30. The van der Waals surface area contributed by atoms with E-state index in [4.69, 9.17) is 8.98 Å². The van der Waals surface area contributed by atoms with Gasteiger partial charge in [-0.1, -0.05) is 0 Å². The molecule has 0 unspecified atom stereocenters. The monoisotopic (exact) mass is 407 g/mol. The van der Waals surface area contributed by atoms with Gasteiger partial charge in [0.2, 0.25) is 12.5 Å². The zero-order valence-corrected chi connectivity index (χ0v) is 17.7. The van der Waals surface area contributed by atoms with Crippen LogP contribution in [0, 0.1) is 0 Å². The topological polar surface area (TPSA) is 150 Å². The first-order valence-electron chi connectivity index (χ1n) is 5.63. The molecular weight excluding hydrogens is 391 g/mol. The maximum atomic E-state index is 11.9. The maximum absolute atomic E-state index is 11.9. The van der Waals surface area contributed by atoms with Crippen LogP contribution in [0.15, 0.2) is 0 Å². The van der Waals surface area contributed by atoms with E-state index >= 15 is 0 Å². The third-order valence-electron chi connectivity index (χ3n) is 2.49. The van der Waals surface area contributed by atoms with Crippen molar-refractivity contribution in [3.63, 3.8) is 0 Å². The van der Waals surface area contributed by atoms with E-state index in [0.29, 0.717) is 0 Å². The quantitative estimate of drug-likeness (QED) is 0.269. The molecule has 10 nitrogen and oxygen atoms in total. The molecule has 1 aliphatic rings. The van der Waals surface area contributed by atoms with Gasteiger partial charge in [0.05, 0.1) is 25.6 Å². The van der Waals surface area contributed by atoms with Gasteiger partial charge in [0.25, 0.3) is 30.4 Å². The van der Waals surface area contributed by atoms with Gasteiger partial charge in [-0.05, 0) is 13.1 Å². The Labute approximate surface area is 152 Å². The normalized spacial score (nSPS) is 22.5. The molecule has 0 aromatic rings. The Bertz CT molecular complexity index is 646. The second-order valence-electron chi connectivity index (χ2n) is 4.70. The van der Waals surface area contributed by atoms with Crippen molar-refractivity contribution < 1.29 is 72.2 Å². The Morgan fingerprint density at radius 2 is 1.55 bits per heavy atom. The van der Waals surface area contributed by atoms with Crippen molar-refractivity contribution in [2.45, 2.75) is 17.3 Å². The van der Waals surface area contributed by atoms with Gasteiger partial charge >= 0.3 is 29.6 Å². The van der Waals surface area contributed by atoms with Crippen molar-refractivity contribution in [1.29, 1.82) is 0 Å². The smallest absolute Gasteiger partial charge is 0.414 e. The second-order valence-corrected chi connectivity index (χ2v) is 14.9. The fourth-order valence-electron chi connectivity index (χ4n) is 1.74. The van der Waals surface area contributed by atoms with Crippen LogP contribution in [-0.2, 0) is 43.1 Å². The van der Waals surface area contributed by atoms with Crippen molar-refractivity contribution in [3.8, 4) is 0 Å². The Kier molecular flexibility index (Phi) is 8.18. The van der Waals surface area contributed by atoms with Crippen LogP contribution in [-0.4, -0.2) is 67.9 Å². The molecule has 22 heavy (non-hydrogen) atoms. The van der Waals surface area contributed by atoms with Gasteiger partial charge in [0.15, 0.2) is 0 Å². The molecule has 1 fully saturated rings. The molecule has 1 N–H and O–H groups in total. The molecule has 15 heteroatoms. The van der Waals surface area contributed by atoms with Gasteiger partial charge in [-0.2, -0.15) is 25.3 Å². The fraction of sp³-hybridized carbons (Fsp3) is 1.00. The van der Waals surface area contributed by atoms with Crippen LogP contribution in [0.4, 0.5) is 0 Å². The van der Waals surface area contributed by atoms with Crippen molar-refractivity contribution in [2.24, 2.45) is 0 Å². The molecule has 0 aromatic heterocycles. The standard InChI is InChI=1S/C7H16O10S3Si.Na/c1-21(2,17-5-6-18(8,9)10)7-19(11,12)15-3-4-16-20(7,13)14;/h7H,3-6H2,1-2H3,(H,8,9,10);/q;+1. The van der Waals surface area contributed by atoms with Gasteiger partial charge < -0.3 is 4.43 Å². The first-order chi connectivity index (χ1) is 9.28. The van der Waals surface area contributed by atoms with Crippen LogP contribution in [0.5, 0.6) is 0 Å². The molecular formula is C7H16NaO10S3Si+. The van der Waals surface area contributed by atoms with Crippen LogP contribution in [0.2, 0.25) is 13.1 Å². The van der Waals surface area contributed by atoms with Gasteiger partial charge in [-0.3, -0.25) is 12.9 Å². The third-order valence-corrected chi connectivity index (χ3v) is 13.8. The molecule has 0 amide bonds. The van der Waals surface area contributed by atoms with Gasteiger partial charge in [-0.15, -0.1) is 0 Å². The van der Waals surface area contributed by atoms with Crippen LogP contribution in [0.3, 0.4) is 0 Å². The Morgan fingerprint density at radius 1 is 1.14 bits per heavy atom. The molecule has 0 atom stereocenters. The van der Waals surface area contributed by atoms with E-state index in [1.807, 2.05) is 0 Å². The van der Waals surface area contributed by atoms with Gasteiger partial charge in [0, 0.05) is 0 Å². The summed E-state index contributed by atoms with van der Waals surface area (Å²) in [7, 11) is -16.8. The first kappa shape index (κ1) is 22.9. The van der Waals surface area contributed by atoms with E-state index in [1.165, 1.54) is 13.1 Å². The number of rotatable bonds is 5. The largest absolute Gasteiger partial charge is 1.00 e. The molecule has 0 bridgehead atoms. The van der Waals surface area contributed by atoms with Crippen molar-refractivity contribution >= 4 is 38.7 Å². The SMILES string of the molecule is C[Si](C)(OCCS(=O)(=O)O)C1S(=O)(=O)OCCOS1(=O)=O.[Na+]. The van der Waals surface area contributed by atoms with Crippen molar-refractivity contribution in [3.05, 3.63) is 0 Å². The summed E-state index contributed by atoms with van der Waals surface area (Å²) >= 11 is 0. The average molecular weight is 407 g/mol. The molecule has 1 aliphatic heterocycles. The molecule has 1 saturated heterocycles. The third kappa shape index (κ3) is 6.43. The van der Waals surface area contributed by atoms with E-state index in [-0.39, 0.29) is 29.6 Å². The minimum atomic E-state index is -4.48. The van der Waals surface area contributed by atoms with E-state index in [0.717, 1.165) is 0 Å². The predicted molar refractivity (Wildman–Crippen MR) is 73.4 cm³/mol. The van der Waals surface area contributed by atoms with Crippen LogP contribution in [0.25, 0.3) is 0 Å². The molecule has 0 aliphatic carbocycles. The summed E-state index contributed by atoms with van der Waals surface area (Å²) in [6, 6.07) is 0. The second kappa shape index (κ2) is 7.86. The Hall–Kier alpha value is 0.907. The predicted octanol–water partition coefficient (Wildman–Crippen LogP) is -4.33. The fourth-order valence-corrected chi connectivity index (χ4v) is 11.7. The van der Waals surface area contributed by atoms with Crippen LogP contribution >= 0.6 is 0 Å². The summed E-state index contributed by atoms with van der Waals surface area (Å²) in [6.07, 6.45) is 0. The van der Waals surface area contributed by atoms with Crippen LogP contribution < -0.4 is 29.6 Å². The summed E-state index contributed by atoms with van der Waals surface area (Å²) in [4.78, 5) is 0. The molecule has 126 valence electrons. The molecule has 0 saturated carbocycles. The number of hydrogen-bond acceptors (Lipinski definition) is 9. The summed E-state index contributed by atoms with van der Waals surface area (Å²) in [5.74, 6) is -0.780. The summed E-state index contributed by atoms with van der Waals surface area (Å²) < 4.78 is 89.7. The minimum Gasteiger partial charge on any atom is -0.414 e.